The van der Waals surface area contributed by atoms with E-state index in [0.717, 1.165) is 22.8 Å². The summed E-state index contributed by atoms with van der Waals surface area (Å²) in [7, 11) is 0. The number of thiazole rings is 2. The van der Waals surface area contributed by atoms with E-state index in [2.05, 4.69) is 9.97 Å². The van der Waals surface area contributed by atoms with Crippen LogP contribution in [0.1, 0.15) is 21.3 Å². The lowest BCUT2D eigenvalue weighted by molar-refractivity contribution is 0.124. The minimum absolute atomic E-state index is 0.469. The highest BCUT2D eigenvalue weighted by Gasteiger charge is 2.03. The van der Waals surface area contributed by atoms with Crippen LogP contribution in [0, 0.1) is 6.92 Å². The standard InChI is InChI=1S/C11H13ClN2OS2/c1-8-10(17-7-13-8)2-3-15-5-11-14-9(4-12)6-16-11/h6-7H,2-5H2,1H3. The normalized spacial score (nSPS) is 10.9. The lowest BCUT2D eigenvalue weighted by Gasteiger charge is -2.00. The summed E-state index contributed by atoms with van der Waals surface area (Å²) in [5.41, 5.74) is 3.91. The number of ether oxygens (including phenoxy) is 1. The minimum Gasteiger partial charge on any atom is -0.374 e. The van der Waals surface area contributed by atoms with Crippen LogP contribution in [-0.4, -0.2) is 16.6 Å². The Hall–Kier alpha value is -0.490. The molecule has 2 rings (SSSR count). The first-order valence-corrected chi connectivity index (χ1v) is 7.55. The molecular formula is C11H13ClN2OS2. The summed E-state index contributed by atoms with van der Waals surface area (Å²) in [6.07, 6.45) is 0.921. The van der Waals surface area contributed by atoms with Crippen LogP contribution in [0.25, 0.3) is 0 Å². The summed E-state index contributed by atoms with van der Waals surface area (Å²) in [5, 5.41) is 2.96. The number of rotatable bonds is 6. The number of hydrogen-bond acceptors (Lipinski definition) is 5. The van der Waals surface area contributed by atoms with E-state index in [1.54, 1.807) is 22.7 Å². The van der Waals surface area contributed by atoms with Crippen LogP contribution in [0.15, 0.2) is 10.9 Å². The zero-order chi connectivity index (χ0) is 12.1. The molecule has 0 saturated heterocycles. The molecule has 0 amide bonds. The second-order valence-corrected chi connectivity index (χ2v) is 5.68. The van der Waals surface area contributed by atoms with Crippen LogP contribution in [0.3, 0.4) is 0 Å². The van der Waals surface area contributed by atoms with Crippen LogP contribution < -0.4 is 0 Å². The largest absolute Gasteiger partial charge is 0.374 e. The third-order valence-electron chi connectivity index (χ3n) is 2.28. The summed E-state index contributed by atoms with van der Waals surface area (Å²) in [4.78, 5) is 9.84. The molecule has 2 aromatic rings. The minimum atomic E-state index is 0.469. The van der Waals surface area contributed by atoms with Crippen molar-refractivity contribution in [3.8, 4) is 0 Å². The molecular weight excluding hydrogens is 276 g/mol. The highest BCUT2D eigenvalue weighted by atomic mass is 35.5. The number of alkyl halides is 1. The fourth-order valence-electron chi connectivity index (χ4n) is 1.37. The van der Waals surface area contributed by atoms with Gasteiger partial charge in [0.25, 0.3) is 0 Å². The Balaban J connectivity index is 1.71. The van der Waals surface area contributed by atoms with Crippen LogP contribution >= 0.6 is 34.3 Å². The maximum Gasteiger partial charge on any atom is 0.119 e. The molecule has 0 radical (unpaired) electrons. The van der Waals surface area contributed by atoms with Gasteiger partial charge in [-0.25, -0.2) is 9.97 Å². The predicted octanol–water partition coefficient (Wildman–Crippen LogP) is 3.41. The van der Waals surface area contributed by atoms with E-state index in [9.17, 15) is 0 Å². The summed E-state index contributed by atoms with van der Waals surface area (Å²) in [6.45, 7) is 3.30. The van der Waals surface area contributed by atoms with E-state index in [4.69, 9.17) is 16.3 Å². The van der Waals surface area contributed by atoms with Gasteiger partial charge in [-0.05, 0) is 6.92 Å². The molecule has 0 N–H and O–H groups in total. The Morgan fingerprint density at radius 2 is 2.29 bits per heavy atom. The van der Waals surface area contributed by atoms with Crippen LogP contribution in [0.5, 0.6) is 0 Å². The smallest absolute Gasteiger partial charge is 0.119 e. The van der Waals surface area contributed by atoms with E-state index in [-0.39, 0.29) is 0 Å². The molecule has 6 heteroatoms. The Bertz CT molecular complexity index is 469. The van der Waals surface area contributed by atoms with Gasteiger partial charge in [0.15, 0.2) is 0 Å². The van der Waals surface area contributed by atoms with Crippen molar-refractivity contribution in [2.24, 2.45) is 0 Å². The van der Waals surface area contributed by atoms with Gasteiger partial charge in [0.05, 0.1) is 36.0 Å². The molecule has 0 spiro atoms. The van der Waals surface area contributed by atoms with E-state index >= 15 is 0 Å². The summed E-state index contributed by atoms with van der Waals surface area (Å²) < 4.78 is 5.59. The van der Waals surface area contributed by atoms with Gasteiger partial charge in [0.2, 0.25) is 0 Å². The molecule has 0 fully saturated rings. The van der Waals surface area contributed by atoms with Crippen molar-refractivity contribution in [3.05, 3.63) is 32.2 Å². The number of aromatic nitrogens is 2. The van der Waals surface area contributed by atoms with E-state index in [1.165, 1.54) is 4.88 Å². The number of hydrogen-bond donors (Lipinski definition) is 0. The first-order valence-electron chi connectivity index (χ1n) is 5.25. The lowest BCUT2D eigenvalue weighted by atomic mass is 10.3. The van der Waals surface area contributed by atoms with E-state index in [1.807, 2.05) is 17.8 Å². The Morgan fingerprint density at radius 1 is 1.41 bits per heavy atom. The molecule has 0 aliphatic carbocycles. The molecule has 0 aliphatic heterocycles. The predicted molar refractivity (Wildman–Crippen MR) is 71.9 cm³/mol. The van der Waals surface area contributed by atoms with Crippen molar-refractivity contribution < 1.29 is 4.74 Å². The van der Waals surface area contributed by atoms with Crippen LogP contribution in [-0.2, 0) is 23.6 Å². The van der Waals surface area contributed by atoms with Gasteiger partial charge >= 0.3 is 0 Å². The molecule has 0 unspecified atom stereocenters. The van der Waals surface area contributed by atoms with Gasteiger partial charge in [0.1, 0.15) is 5.01 Å². The lowest BCUT2D eigenvalue weighted by Crippen LogP contribution is -1.99. The monoisotopic (exact) mass is 288 g/mol. The van der Waals surface area contributed by atoms with E-state index in [0.29, 0.717) is 19.1 Å². The molecule has 2 heterocycles. The van der Waals surface area contributed by atoms with Gasteiger partial charge in [-0.1, -0.05) is 0 Å². The molecule has 3 nitrogen and oxygen atoms in total. The second kappa shape index (κ2) is 6.44. The molecule has 0 aliphatic rings. The SMILES string of the molecule is Cc1ncsc1CCOCc1nc(CCl)cs1. The summed E-state index contributed by atoms with van der Waals surface area (Å²) >= 11 is 8.96. The molecule has 0 bridgehead atoms. The van der Waals surface area contributed by atoms with Crippen molar-refractivity contribution >= 4 is 34.3 Å². The van der Waals surface area contributed by atoms with Gasteiger partial charge in [-0.15, -0.1) is 34.3 Å². The number of aryl methyl sites for hydroxylation is 1. The summed E-state index contributed by atoms with van der Waals surface area (Å²) in [5.74, 6) is 0.469. The Labute approximate surface area is 113 Å². The van der Waals surface area contributed by atoms with Gasteiger partial charge < -0.3 is 4.74 Å². The second-order valence-electron chi connectivity index (χ2n) is 3.53. The fourth-order valence-corrected chi connectivity index (χ4v) is 3.09. The maximum atomic E-state index is 5.68. The first kappa shape index (κ1) is 13.0. The molecule has 2 aromatic heterocycles. The average Bonchev–Trinajstić information content (AvgIpc) is 2.94. The van der Waals surface area contributed by atoms with Crippen molar-refractivity contribution in [1.29, 1.82) is 0 Å². The van der Waals surface area contributed by atoms with Gasteiger partial charge in [0, 0.05) is 16.7 Å². The number of nitrogens with zero attached hydrogens (tertiary/aromatic N) is 2. The average molecular weight is 289 g/mol. The van der Waals surface area contributed by atoms with E-state index < -0.39 is 0 Å². The van der Waals surface area contributed by atoms with Crippen LogP contribution in [0.2, 0.25) is 0 Å². The number of halogens is 1. The highest BCUT2D eigenvalue weighted by molar-refractivity contribution is 7.10. The Morgan fingerprint density at radius 3 is 2.94 bits per heavy atom. The topological polar surface area (TPSA) is 35.0 Å². The maximum absolute atomic E-state index is 5.68. The van der Waals surface area contributed by atoms with Gasteiger partial charge in [-0.3, -0.25) is 0 Å². The Kier molecular flexibility index (Phi) is 4.91. The highest BCUT2D eigenvalue weighted by Crippen LogP contribution is 2.15. The van der Waals surface area contributed by atoms with Crippen molar-refractivity contribution in [2.75, 3.05) is 6.61 Å². The molecule has 0 aromatic carbocycles. The van der Waals surface area contributed by atoms with Gasteiger partial charge in [-0.2, -0.15) is 0 Å². The van der Waals surface area contributed by atoms with Crippen molar-refractivity contribution in [1.82, 2.24) is 9.97 Å². The fraction of sp³-hybridized carbons (Fsp3) is 0.455. The quantitative estimate of drug-likeness (QED) is 0.603. The van der Waals surface area contributed by atoms with Crippen molar-refractivity contribution in [2.45, 2.75) is 25.8 Å². The molecule has 0 saturated carbocycles. The third-order valence-corrected chi connectivity index (χ3v) is 4.42. The molecule has 17 heavy (non-hydrogen) atoms. The molecule has 0 atom stereocenters. The third kappa shape index (κ3) is 3.74. The zero-order valence-electron chi connectivity index (χ0n) is 9.48. The summed E-state index contributed by atoms with van der Waals surface area (Å²) in [6, 6.07) is 0. The van der Waals surface area contributed by atoms with Crippen LogP contribution in [0.4, 0.5) is 0 Å². The zero-order valence-corrected chi connectivity index (χ0v) is 11.9. The van der Waals surface area contributed by atoms with Crippen molar-refractivity contribution in [3.63, 3.8) is 0 Å². The first-order chi connectivity index (χ1) is 8.29. The molecule has 92 valence electrons.